The number of hydrogen-bond acceptors (Lipinski definition) is 8. The molecule has 1 saturated heterocycles. The van der Waals surface area contributed by atoms with E-state index < -0.39 is 11.7 Å². The van der Waals surface area contributed by atoms with Crippen LogP contribution in [-0.4, -0.2) is 42.8 Å². The molecule has 43 heavy (non-hydrogen) atoms. The molecule has 6 aromatic rings. The van der Waals surface area contributed by atoms with Gasteiger partial charge in [0.2, 0.25) is 5.88 Å². The lowest BCUT2D eigenvalue weighted by atomic mass is 10.1. The number of nitrogens with zero attached hydrogens (tertiary/aromatic N) is 5. The fraction of sp³-hybridized carbons (Fsp3) is 0.267. The summed E-state index contributed by atoms with van der Waals surface area (Å²) >= 11 is 0. The van der Waals surface area contributed by atoms with Crippen molar-refractivity contribution in [2.24, 2.45) is 0 Å². The van der Waals surface area contributed by atoms with E-state index in [0.717, 1.165) is 66.1 Å². The first kappa shape index (κ1) is 27.0. The van der Waals surface area contributed by atoms with Crippen LogP contribution in [-0.2, 0) is 6.18 Å². The van der Waals surface area contributed by atoms with Crippen LogP contribution in [0.25, 0.3) is 33.4 Å². The second kappa shape index (κ2) is 10.4. The van der Waals surface area contributed by atoms with Gasteiger partial charge in [0.05, 0.1) is 28.4 Å². The molecule has 2 aromatic carbocycles. The van der Waals surface area contributed by atoms with Crippen LogP contribution in [0.3, 0.4) is 0 Å². The number of oxazole rings is 1. The minimum absolute atomic E-state index is 0.141. The second-order valence-corrected chi connectivity index (χ2v) is 10.5. The van der Waals surface area contributed by atoms with Crippen LogP contribution in [0.5, 0.6) is 11.6 Å². The molecule has 0 atom stereocenters. The minimum Gasteiger partial charge on any atom is -0.438 e. The predicted octanol–water partition coefficient (Wildman–Crippen LogP) is 7.06. The molecule has 10 nitrogen and oxygen atoms in total. The molecule has 0 unspecified atom stereocenters. The van der Waals surface area contributed by atoms with E-state index in [0.29, 0.717) is 40.1 Å². The van der Waals surface area contributed by atoms with Gasteiger partial charge in [-0.05, 0) is 82.2 Å². The summed E-state index contributed by atoms with van der Waals surface area (Å²) in [5.74, 6) is 0.857. The lowest BCUT2D eigenvalue weighted by molar-refractivity contribution is -0.137. The Morgan fingerprint density at radius 1 is 1.02 bits per heavy atom. The van der Waals surface area contributed by atoms with Gasteiger partial charge in [-0.2, -0.15) is 23.3 Å². The number of H-pyrrole nitrogens is 1. The maximum Gasteiger partial charge on any atom is 0.416 e. The smallest absolute Gasteiger partial charge is 0.416 e. The number of halogens is 3. The molecular formula is C30H27F3N8O2. The highest BCUT2D eigenvalue weighted by Gasteiger charge is 2.30. The number of aryl methyl sites for hydroxylation is 1. The van der Waals surface area contributed by atoms with E-state index in [9.17, 15) is 13.2 Å². The van der Waals surface area contributed by atoms with Crippen LogP contribution < -0.4 is 15.4 Å². The zero-order chi connectivity index (χ0) is 29.7. The molecule has 220 valence electrons. The summed E-state index contributed by atoms with van der Waals surface area (Å²) in [6.45, 7) is 6.08. The van der Waals surface area contributed by atoms with Gasteiger partial charge >= 0.3 is 6.18 Å². The minimum atomic E-state index is -4.41. The summed E-state index contributed by atoms with van der Waals surface area (Å²) in [5, 5.41) is 11.9. The Labute approximate surface area is 243 Å². The first-order chi connectivity index (χ1) is 20.7. The number of ether oxygens (including phenoxy) is 1. The predicted molar refractivity (Wildman–Crippen MR) is 155 cm³/mol. The van der Waals surface area contributed by atoms with E-state index in [-0.39, 0.29) is 6.01 Å². The zero-order valence-corrected chi connectivity index (χ0v) is 23.3. The highest BCUT2D eigenvalue weighted by Crippen LogP contribution is 2.36. The van der Waals surface area contributed by atoms with Crippen molar-refractivity contribution in [3.05, 3.63) is 71.8 Å². The van der Waals surface area contributed by atoms with Gasteiger partial charge in [-0.3, -0.25) is 4.68 Å². The highest BCUT2D eigenvalue weighted by atomic mass is 19.4. The van der Waals surface area contributed by atoms with Gasteiger partial charge in [0.25, 0.3) is 6.01 Å². The van der Waals surface area contributed by atoms with E-state index in [1.165, 1.54) is 18.5 Å². The van der Waals surface area contributed by atoms with Crippen LogP contribution in [0.2, 0.25) is 0 Å². The maximum absolute atomic E-state index is 12.9. The standard InChI is InChI=1S/C30H27F3N8O2/c1-16-26(17(2)41(40-16)20-9-11-34-12-10-20)24-14-22-27(38-24)35-15-36-28(22)42-21-7-8-25-23(13-21)39-29(43-25)37-19-5-3-18(4-6-19)30(31,32)33/h3-8,13-15,20,34H,9-12H2,1-2H3,(H,37,39)(H,35,36,38). The Morgan fingerprint density at radius 2 is 1.81 bits per heavy atom. The zero-order valence-electron chi connectivity index (χ0n) is 23.3. The van der Waals surface area contributed by atoms with E-state index in [2.05, 4.69) is 42.2 Å². The number of aromatic nitrogens is 6. The molecular weight excluding hydrogens is 561 g/mol. The van der Waals surface area contributed by atoms with Crippen LogP contribution in [0, 0.1) is 13.8 Å². The SMILES string of the molecule is Cc1nn(C2CCNCC2)c(C)c1-c1cc2c(Oc3ccc4oc(Nc5ccc(C(F)(F)F)cc5)nc4c3)ncnc2[nH]1. The average Bonchev–Trinajstić information content (AvgIpc) is 3.68. The third-order valence-corrected chi connectivity index (χ3v) is 7.68. The molecule has 13 heteroatoms. The molecule has 1 aliphatic rings. The molecule has 5 heterocycles. The number of fused-ring (bicyclic) bond motifs is 2. The van der Waals surface area contributed by atoms with Crippen molar-refractivity contribution in [2.75, 3.05) is 18.4 Å². The maximum atomic E-state index is 12.9. The van der Waals surface area contributed by atoms with Gasteiger partial charge in [-0.1, -0.05) is 0 Å². The van der Waals surface area contributed by atoms with Gasteiger partial charge in [0, 0.05) is 23.0 Å². The van der Waals surface area contributed by atoms with Crippen LogP contribution in [0.1, 0.15) is 35.8 Å². The van der Waals surface area contributed by atoms with Crippen molar-refractivity contribution in [3.8, 4) is 22.9 Å². The summed E-state index contributed by atoms with van der Waals surface area (Å²) < 4.78 is 52.6. The summed E-state index contributed by atoms with van der Waals surface area (Å²) in [4.78, 5) is 16.6. The van der Waals surface area contributed by atoms with E-state index in [4.69, 9.17) is 14.3 Å². The van der Waals surface area contributed by atoms with Crippen molar-refractivity contribution in [1.82, 2.24) is 35.0 Å². The summed E-state index contributed by atoms with van der Waals surface area (Å²) in [7, 11) is 0. The Bertz CT molecular complexity index is 1940. The summed E-state index contributed by atoms with van der Waals surface area (Å²) in [5.41, 5.74) is 5.27. The molecule has 0 radical (unpaired) electrons. The van der Waals surface area contributed by atoms with Crippen molar-refractivity contribution in [1.29, 1.82) is 0 Å². The van der Waals surface area contributed by atoms with Gasteiger partial charge < -0.3 is 24.8 Å². The van der Waals surface area contributed by atoms with Crippen LogP contribution in [0.15, 0.2) is 59.3 Å². The lowest BCUT2D eigenvalue weighted by Gasteiger charge is -2.24. The van der Waals surface area contributed by atoms with E-state index >= 15 is 0 Å². The average molecular weight is 589 g/mol. The third kappa shape index (κ3) is 5.16. The van der Waals surface area contributed by atoms with Crippen molar-refractivity contribution in [2.45, 2.75) is 38.9 Å². The number of rotatable bonds is 6. The fourth-order valence-corrected chi connectivity index (χ4v) is 5.59. The number of piperidine rings is 1. The molecule has 0 spiro atoms. The van der Waals surface area contributed by atoms with Crippen LogP contribution >= 0.6 is 0 Å². The number of alkyl halides is 3. The van der Waals surface area contributed by atoms with E-state index in [1.807, 2.05) is 13.0 Å². The number of aromatic amines is 1. The highest BCUT2D eigenvalue weighted by molar-refractivity contribution is 5.88. The number of benzene rings is 2. The molecule has 0 saturated carbocycles. The first-order valence-corrected chi connectivity index (χ1v) is 13.9. The second-order valence-electron chi connectivity index (χ2n) is 10.5. The molecule has 1 fully saturated rings. The van der Waals surface area contributed by atoms with Crippen molar-refractivity contribution in [3.63, 3.8) is 0 Å². The van der Waals surface area contributed by atoms with Gasteiger partial charge in [0.15, 0.2) is 5.58 Å². The number of hydrogen-bond donors (Lipinski definition) is 3. The van der Waals surface area contributed by atoms with Gasteiger partial charge in [0.1, 0.15) is 23.2 Å². The Hall–Kier alpha value is -4.91. The van der Waals surface area contributed by atoms with Gasteiger partial charge in [-0.25, -0.2) is 9.97 Å². The van der Waals surface area contributed by atoms with Crippen molar-refractivity contribution < 1.29 is 22.3 Å². The normalized spacial score (nSPS) is 14.5. The molecule has 4 aromatic heterocycles. The molecule has 1 aliphatic heterocycles. The van der Waals surface area contributed by atoms with Crippen molar-refractivity contribution >= 4 is 33.8 Å². The quantitative estimate of drug-likeness (QED) is 0.189. The van der Waals surface area contributed by atoms with Gasteiger partial charge in [-0.15, -0.1) is 0 Å². The molecule has 0 amide bonds. The number of nitrogens with one attached hydrogen (secondary N) is 3. The van der Waals surface area contributed by atoms with Crippen LogP contribution in [0.4, 0.5) is 24.9 Å². The monoisotopic (exact) mass is 588 g/mol. The summed E-state index contributed by atoms with van der Waals surface area (Å²) in [6, 6.07) is 12.3. The Balaban J connectivity index is 1.14. The van der Waals surface area contributed by atoms with E-state index in [1.54, 1.807) is 18.2 Å². The molecule has 7 rings (SSSR count). The fourth-order valence-electron chi connectivity index (χ4n) is 5.59. The largest absolute Gasteiger partial charge is 0.438 e. The first-order valence-electron chi connectivity index (χ1n) is 13.9. The summed E-state index contributed by atoms with van der Waals surface area (Å²) in [6.07, 6.45) is -0.881. The Morgan fingerprint density at radius 3 is 2.58 bits per heavy atom. The lowest BCUT2D eigenvalue weighted by Crippen LogP contribution is -2.30. The third-order valence-electron chi connectivity index (χ3n) is 7.68. The Kier molecular flexibility index (Phi) is 6.53. The molecule has 0 aliphatic carbocycles. The molecule has 0 bridgehead atoms. The topological polar surface area (TPSA) is 119 Å². The molecule has 3 N–H and O–H groups in total. The number of anilines is 2.